The van der Waals surface area contributed by atoms with Crippen molar-refractivity contribution in [2.24, 2.45) is 0 Å². The molecule has 8 heteroatoms. The van der Waals surface area contributed by atoms with Crippen LogP contribution in [0.15, 0.2) is 36.7 Å². The lowest BCUT2D eigenvalue weighted by molar-refractivity contribution is -0.117. The Morgan fingerprint density at radius 2 is 2.11 bits per heavy atom. The van der Waals surface area contributed by atoms with Crippen molar-refractivity contribution in [3.05, 3.63) is 42.2 Å². The van der Waals surface area contributed by atoms with Gasteiger partial charge in [-0.3, -0.25) is 14.6 Å². The fraction of sp³-hybridized carbons (Fsp3) is 0.263. The quantitative estimate of drug-likeness (QED) is 0.741. The van der Waals surface area contributed by atoms with Crippen LogP contribution in [0.5, 0.6) is 0 Å². The Bertz CT molecular complexity index is 1030. The topological polar surface area (TPSA) is 94.2 Å². The van der Waals surface area contributed by atoms with E-state index in [2.05, 4.69) is 20.3 Å². The molecular formula is C19H20N6O2. The molecule has 0 atom stereocenters. The Hall–Kier alpha value is -3.42. The number of aromatic amines is 1. The summed E-state index contributed by atoms with van der Waals surface area (Å²) >= 11 is 0. The summed E-state index contributed by atoms with van der Waals surface area (Å²) in [5.41, 5.74) is 3.39. The van der Waals surface area contributed by atoms with Crippen molar-refractivity contribution in [1.82, 2.24) is 15.0 Å². The Labute approximate surface area is 156 Å². The normalized spacial score (nSPS) is 14.0. The van der Waals surface area contributed by atoms with Crippen LogP contribution in [0, 0.1) is 0 Å². The molecule has 2 N–H and O–H groups in total. The van der Waals surface area contributed by atoms with Crippen LogP contribution in [0.3, 0.4) is 0 Å². The highest BCUT2D eigenvalue weighted by atomic mass is 16.2. The molecular weight excluding hydrogens is 344 g/mol. The molecule has 0 radical (unpaired) electrons. The summed E-state index contributed by atoms with van der Waals surface area (Å²) in [5.74, 6) is 0.541. The molecule has 3 heterocycles. The molecule has 4 rings (SSSR count). The number of rotatable bonds is 4. The highest BCUT2D eigenvalue weighted by Crippen LogP contribution is 2.23. The van der Waals surface area contributed by atoms with Gasteiger partial charge in [0.15, 0.2) is 0 Å². The van der Waals surface area contributed by atoms with Gasteiger partial charge in [0.25, 0.3) is 5.91 Å². The number of pyridine rings is 1. The molecule has 0 aliphatic carbocycles. The van der Waals surface area contributed by atoms with Gasteiger partial charge >= 0.3 is 0 Å². The second-order valence-corrected chi connectivity index (χ2v) is 6.72. The summed E-state index contributed by atoms with van der Waals surface area (Å²) in [4.78, 5) is 39.9. The van der Waals surface area contributed by atoms with Crippen LogP contribution in [0.4, 0.5) is 17.3 Å². The summed E-state index contributed by atoms with van der Waals surface area (Å²) in [6.07, 6.45) is 4.47. The zero-order valence-electron chi connectivity index (χ0n) is 15.2. The van der Waals surface area contributed by atoms with Gasteiger partial charge in [-0.05, 0) is 30.7 Å². The Morgan fingerprint density at radius 1 is 1.26 bits per heavy atom. The Balaban J connectivity index is 1.55. The minimum Gasteiger partial charge on any atom is -0.349 e. The fourth-order valence-corrected chi connectivity index (χ4v) is 3.11. The van der Waals surface area contributed by atoms with Crippen LogP contribution < -0.4 is 15.1 Å². The van der Waals surface area contributed by atoms with Crippen LogP contribution in [-0.2, 0) is 4.79 Å². The van der Waals surface area contributed by atoms with Crippen molar-refractivity contribution in [2.45, 2.75) is 12.8 Å². The van der Waals surface area contributed by atoms with Gasteiger partial charge in [-0.25, -0.2) is 4.98 Å². The number of amides is 2. The van der Waals surface area contributed by atoms with E-state index in [4.69, 9.17) is 0 Å². The molecule has 8 nitrogen and oxygen atoms in total. The van der Waals surface area contributed by atoms with E-state index in [1.807, 2.05) is 37.2 Å². The van der Waals surface area contributed by atoms with E-state index < -0.39 is 0 Å². The van der Waals surface area contributed by atoms with E-state index in [1.165, 1.54) is 6.20 Å². The summed E-state index contributed by atoms with van der Waals surface area (Å²) in [7, 11) is 3.82. The predicted octanol–water partition coefficient (Wildman–Crippen LogP) is 2.40. The first-order chi connectivity index (χ1) is 13.0. The maximum absolute atomic E-state index is 12.6. The van der Waals surface area contributed by atoms with Crippen molar-refractivity contribution in [3.63, 3.8) is 0 Å². The molecule has 1 aliphatic heterocycles. The van der Waals surface area contributed by atoms with Gasteiger partial charge in [0, 0.05) is 38.9 Å². The van der Waals surface area contributed by atoms with Crippen LogP contribution >= 0.6 is 0 Å². The first-order valence-electron chi connectivity index (χ1n) is 8.75. The number of benzene rings is 1. The second-order valence-electron chi connectivity index (χ2n) is 6.72. The van der Waals surface area contributed by atoms with Crippen molar-refractivity contribution in [1.29, 1.82) is 0 Å². The molecule has 0 saturated carbocycles. The van der Waals surface area contributed by atoms with E-state index in [1.54, 1.807) is 17.2 Å². The highest BCUT2D eigenvalue weighted by molar-refractivity contribution is 6.06. The molecule has 1 aliphatic rings. The molecule has 27 heavy (non-hydrogen) atoms. The number of carbonyl (C=O) groups is 2. The number of nitrogens with zero attached hydrogens (tertiary/aromatic N) is 4. The average Bonchev–Trinajstić information content (AvgIpc) is 3.27. The standard InChI is InChI=1S/C19H20N6O2/c1-24(2)19-22-15-6-5-13(9-16(15)23-19)21-18(27)12-8-14(11-20-10-12)25-7-3-4-17(25)26/h5-6,8-11H,3-4,7H2,1-2H3,(H,21,27)(H,22,23). The number of nitrogens with one attached hydrogen (secondary N) is 2. The smallest absolute Gasteiger partial charge is 0.257 e. The van der Waals surface area contributed by atoms with Gasteiger partial charge in [0.05, 0.1) is 28.5 Å². The van der Waals surface area contributed by atoms with Crippen LogP contribution in [0.2, 0.25) is 0 Å². The van der Waals surface area contributed by atoms with Crippen molar-refractivity contribution in [3.8, 4) is 0 Å². The first kappa shape index (κ1) is 17.0. The minimum absolute atomic E-state index is 0.0655. The maximum Gasteiger partial charge on any atom is 0.257 e. The fourth-order valence-electron chi connectivity index (χ4n) is 3.11. The summed E-state index contributed by atoms with van der Waals surface area (Å²) < 4.78 is 0. The lowest BCUT2D eigenvalue weighted by Crippen LogP contribution is -2.24. The molecule has 0 unspecified atom stereocenters. The molecule has 3 aromatic rings. The third kappa shape index (κ3) is 3.33. The van der Waals surface area contributed by atoms with E-state index in [9.17, 15) is 9.59 Å². The van der Waals surface area contributed by atoms with Gasteiger partial charge < -0.3 is 20.1 Å². The molecule has 1 aromatic carbocycles. The minimum atomic E-state index is -0.275. The zero-order valence-corrected chi connectivity index (χ0v) is 15.2. The number of carbonyl (C=O) groups excluding carboxylic acids is 2. The highest BCUT2D eigenvalue weighted by Gasteiger charge is 2.22. The number of hydrogen-bond acceptors (Lipinski definition) is 5. The van der Waals surface area contributed by atoms with Crippen molar-refractivity contribution >= 4 is 40.2 Å². The van der Waals surface area contributed by atoms with E-state index in [0.29, 0.717) is 29.9 Å². The van der Waals surface area contributed by atoms with Gasteiger partial charge in [0.2, 0.25) is 11.9 Å². The zero-order chi connectivity index (χ0) is 19.0. The van der Waals surface area contributed by atoms with E-state index >= 15 is 0 Å². The monoisotopic (exact) mass is 364 g/mol. The van der Waals surface area contributed by atoms with Gasteiger partial charge in [-0.1, -0.05) is 0 Å². The van der Waals surface area contributed by atoms with Gasteiger partial charge in [0.1, 0.15) is 0 Å². The third-order valence-corrected chi connectivity index (χ3v) is 4.52. The van der Waals surface area contributed by atoms with Gasteiger partial charge in [-0.15, -0.1) is 0 Å². The number of H-pyrrole nitrogens is 1. The number of aromatic nitrogens is 3. The Kier molecular flexibility index (Phi) is 4.23. The molecule has 2 aromatic heterocycles. The lowest BCUT2D eigenvalue weighted by Gasteiger charge is -2.15. The van der Waals surface area contributed by atoms with Crippen molar-refractivity contribution in [2.75, 3.05) is 35.8 Å². The maximum atomic E-state index is 12.6. The molecule has 2 amide bonds. The summed E-state index contributed by atoms with van der Waals surface area (Å²) in [5, 5.41) is 2.87. The molecule has 0 spiro atoms. The number of fused-ring (bicyclic) bond motifs is 1. The third-order valence-electron chi connectivity index (χ3n) is 4.52. The second kappa shape index (κ2) is 6.71. The number of hydrogen-bond donors (Lipinski definition) is 2. The first-order valence-corrected chi connectivity index (χ1v) is 8.75. The SMILES string of the molecule is CN(C)c1nc2ccc(NC(=O)c3cncc(N4CCCC4=O)c3)cc2[nH]1. The number of imidazole rings is 1. The van der Waals surface area contributed by atoms with Crippen LogP contribution in [0.25, 0.3) is 11.0 Å². The summed E-state index contributed by atoms with van der Waals surface area (Å²) in [6.45, 7) is 0.663. The van der Waals surface area contributed by atoms with Crippen LogP contribution in [0.1, 0.15) is 23.2 Å². The molecule has 138 valence electrons. The van der Waals surface area contributed by atoms with Gasteiger partial charge in [-0.2, -0.15) is 0 Å². The lowest BCUT2D eigenvalue weighted by atomic mass is 10.2. The van der Waals surface area contributed by atoms with E-state index in [-0.39, 0.29) is 11.8 Å². The molecule has 1 saturated heterocycles. The Morgan fingerprint density at radius 3 is 2.85 bits per heavy atom. The molecule has 1 fully saturated rings. The van der Waals surface area contributed by atoms with Crippen molar-refractivity contribution < 1.29 is 9.59 Å². The number of anilines is 3. The largest absolute Gasteiger partial charge is 0.349 e. The van der Waals surface area contributed by atoms with Crippen LogP contribution in [-0.4, -0.2) is 47.4 Å². The summed E-state index contributed by atoms with van der Waals surface area (Å²) in [6, 6.07) is 7.20. The average molecular weight is 364 g/mol. The molecule has 0 bridgehead atoms. The predicted molar refractivity (Wildman–Crippen MR) is 104 cm³/mol. The van der Waals surface area contributed by atoms with E-state index in [0.717, 1.165) is 23.4 Å².